The van der Waals surface area contributed by atoms with Crippen molar-refractivity contribution in [1.29, 1.82) is 0 Å². The van der Waals surface area contributed by atoms with Gasteiger partial charge in [-0.1, -0.05) is 29.3 Å². The van der Waals surface area contributed by atoms with Crippen LogP contribution >= 0.6 is 23.2 Å². The third kappa shape index (κ3) is 6.59. The number of amides is 3. The van der Waals surface area contributed by atoms with E-state index in [-0.39, 0.29) is 36.2 Å². The molecule has 3 unspecified atom stereocenters. The Morgan fingerprint density at radius 1 is 1.14 bits per heavy atom. The van der Waals surface area contributed by atoms with Gasteiger partial charge in [0.25, 0.3) is 5.91 Å². The maximum atomic E-state index is 13.5. The van der Waals surface area contributed by atoms with Crippen LogP contribution in [0.3, 0.4) is 0 Å². The summed E-state index contributed by atoms with van der Waals surface area (Å²) in [4.78, 5) is 44.0. The van der Waals surface area contributed by atoms with Crippen molar-refractivity contribution < 1.29 is 19.1 Å². The van der Waals surface area contributed by atoms with Crippen LogP contribution in [0.4, 0.5) is 0 Å². The third-order valence-electron chi connectivity index (χ3n) is 8.44. The van der Waals surface area contributed by atoms with Crippen molar-refractivity contribution in [2.24, 2.45) is 17.8 Å². The van der Waals surface area contributed by atoms with Crippen LogP contribution in [0, 0.1) is 17.8 Å². The molecule has 2 aliphatic heterocycles. The predicted octanol–water partition coefficient (Wildman–Crippen LogP) is 3.40. The van der Waals surface area contributed by atoms with E-state index in [0.717, 1.165) is 50.8 Å². The molecule has 1 aromatic rings. The van der Waals surface area contributed by atoms with Gasteiger partial charge in [0, 0.05) is 39.8 Å². The highest BCUT2D eigenvalue weighted by Gasteiger charge is 2.43. The van der Waals surface area contributed by atoms with Gasteiger partial charge in [0.15, 0.2) is 0 Å². The molecule has 1 aromatic carbocycles. The molecular formula is C27H38Cl2N4O4. The van der Waals surface area contributed by atoms with E-state index in [9.17, 15) is 14.4 Å². The van der Waals surface area contributed by atoms with Gasteiger partial charge in [-0.25, -0.2) is 0 Å². The van der Waals surface area contributed by atoms with E-state index >= 15 is 0 Å². The molecule has 0 radical (unpaired) electrons. The smallest absolute Gasteiger partial charge is 0.251 e. The van der Waals surface area contributed by atoms with Crippen LogP contribution in [0.5, 0.6) is 0 Å². The average molecular weight is 554 g/mol. The molecule has 1 aliphatic carbocycles. The van der Waals surface area contributed by atoms with Crippen LogP contribution in [0.2, 0.25) is 10.0 Å². The van der Waals surface area contributed by atoms with Crippen molar-refractivity contribution >= 4 is 40.9 Å². The van der Waals surface area contributed by atoms with Gasteiger partial charge in [0.05, 0.1) is 22.6 Å². The third-order valence-corrected chi connectivity index (χ3v) is 9.18. The number of benzene rings is 1. The molecule has 37 heavy (non-hydrogen) atoms. The number of likely N-dealkylation sites (N-methyl/N-ethyl adjacent to an activating group) is 1. The van der Waals surface area contributed by atoms with Crippen LogP contribution in [-0.4, -0.2) is 85.0 Å². The van der Waals surface area contributed by atoms with Gasteiger partial charge in [-0.05, 0) is 68.6 Å². The van der Waals surface area contributed by atoms with E-state index < -0.39 is 6.10 Å². The summed E-state index contributed by atoms with van der Waals surface area (Å²) >= 11 is 12.1. The lowest BCUT2D eigenvalue weighted by molar-refractivity contribution is -0.149. The molecule has 2 saturated heterocycles. The zero-order valence-corrected chi connectivity index (χ0v) is 23.4. The van der Waals surface area contributed by atoms with Gasteiger partial charge in [-0.2, -0.15) is 0 Å². The topological polar surface area (TPSA) is 82.2 Å². The van der Waals surface area contributed by atoms with Gasteiger partial charge < -0.3 is 19.4 Å². The number of likely N-dealkylation sites (tertiary alicyclic amines) is 1. The van der Waals surface area contributed by atoms with Crippen LogP contribution in [0.15, 0.2) is 18.2 Å². The maximum Gasteiger partial charge on any atom is 0.251 e. The van der Waals surface area contributed by atoms with Crippen molar-refractivity contribution in [3.8, 4) is 0 Å². The first-order valence-electron chi connectivity index (χ1n) is 13.2. The zero-order valence-electron chi connectivity index (χ0n) is 21.9. The summed E-state index contributed by atoms with van der Waals surface area (Å²) < 4.78 is 5.19. The molecule has 1 N–H and O–H groups in total. The molecule has 204 valence electrons. The van der Waals surface area contributed by atoms with E-state index in [4.69, 9.17) is 27.9 Å². The molecule has 3 aliphatic rings. The van der Waals surface area contributed by atoms with E-state index in [1.54, 1.807) is 43.0 Å². The molecule has 1 saturated carbocycles. The number of hydrogen-bond acceptors (Lipinski definition) is 5. The van der Waals surface area contributed by atoms with E-state index in [1.807, 2.05) is 11.0 Å². The number of carbonyl (C=O) groups excluding carboxylic acids is 3. The molecule has 0 spiro atoms. The second-order valence-electron chi connectivity index (χ2n) is 10.7. The van der Waals surface area contributed by atoms with Gasteiger partial charge in [-0.15, -0.1) is 0 Å². The quantitative estimate of drug-likeness (QED) is 0.560. The van der Waals surface area contributed by atoms with Crippen LogP contribution < -0.4 is 5.32 Å². The molecule has 10 heteroatoms. The Morgan fingerprint density at radius 3 is 2.54 bits per heavy atom. The zero-order chi connectivity index (χ0) is 26.7. The van der Waals surface area contributed by atoms with Gasteiger partial charge in [0.2, 0.25) is 11.8 Å². The van der Waals surface area contributed by atoms with Crippen LogP contribution in [0.25, 0.3) is 0 Å². The molecule has 4 atom stereocenters. The minimum atomic E-state index is -0.408. The highest BCUT2D eigenvalue weighted by atomic mass is 35.5. The monoisotopic (exact) mass is 552 g/mol. The normalized spacial score (nSPS) is 25.5. The standard InChI is InChI=1S/C27H38Cl2N4O4/c1-17(37-3)26(35)32-10-8-19(9-11-32)20-5-7-24-21(13-20)27(36)33(16-30-24)15-25(34)31(2)14-18-4-6-22(28)23(29)12-18/h4,6,12,17,19-21,24,30H,5,7-11,13-16H2,1-3H3/t17-,20?,21?,24?/m1/s1. The highest BCUT2D eigenvalue weighted by Crippen LogP contribution is 2.40. The number of nitrogens with one attached hydrogen (secondary N) is 1. The summed E-state index contributed by atoms with van der Waals surface area (Å²) in [6.45, 7) is 4.13. The van der Waals surface area contributed by atoms with E-state index in [2.05, 4.69) is 5.32 Å². The van der Waals surface area contributed by atoms with Crippen molar-refractivity contribution in [1.82, 2.24) is 20.0 Å². The number of fused-ring (bicyclic) bond motifs is 1. The second-order valence-corrected chi connectivity index (χ2v) is 11.5. The summed E-state index contributed by atoms with van der Waals surface area (Å²) in [5.41, 5.74) is 0.882. The number of methoxy groups -OCH3 is 1. The number of rotatable bonds is 7. The Kier molecular flexibility index (Phi) is 9.38. The fourth-order valence-corrected chi connectivity index (χ4v) is 6.38. The summed E-state index contributed by atoms with van der Waals surface area (Å²) in [5.74, 6) is 0.900. The minimum absolute atomic E-state index is 0.0513. The molecule has 0 bridgehead atoms. The number of ether oxygens (including phenoxy) is 1. The van der Waals surface area contributed by atoms with Crippen molar-refractivity contribution in [2.75, 3.05) is 40.5 Å². The Labute approximate surface area is 229 Å². The first-order chi connectivity index (χ1) is 17.7. The largest absolute Gasteiger partial charge is 0.372 e. The molecule has 0 aromatic heterocycles. The molecule has 3 amide bonds. The molecule has 8 nitrogen and oxygen atoms in total. The Balaban J connectivity index is 1.29. The number of nitrogens with zero attached hydrogens (tertiary/aromatic N) is 3. The second kappa shape index (κ2) is 12.3. The first kappa shape index (κ1) is 28.1. The van der Waals surface area contributed by atoms with E-state index in [1.165, 1.54) is 0 Å². The fraction of sp³-hybridized carbons (Fsp3) is 0.667. The van der Waals surface area contributed by atoms with Crippen LogP contribution in [0.1, 0.15) is 44.6 Å². The lowest BCUT2D eigenvalue weighted by atomic mass is 9.69. The average Bonchev–Trinajstić information content (AvgIpc) is 2.91. The molecule has 4 rings (SSSR count). The van der Waals surface area contributed by atoms with Gasteiger partial charge in [0.1, 0.15) is 12.6 Å². The number of carbonyl (C=O) groups is 3. The maximum absolute atomic E-state index is 13.5. The number of hydrogen-bond donors (Lipinski definition) is 1. The molecular weight excluding hydrogens is 515 g/mol. The SMILES string of the molecule is CO[C@H](C)C(=O)N1CCC(C2CCC3NCN(CC(=O)N(C)Cc4ccc(Cl)c(Cl)c4)C(=O)C3C2)CC1. The first-order valence-corrected chi connectivity index (χ1v) is 13.9. The predicted molar refractivity (Wildman–Crippen MR) is 143 cm³/mol. The van der Waals surface area contributed by atoms with Gasteiger partial charge >= 0.3 is 0 Å². The molecule has 2 heterocycles. The summed E-state index contributed by atoms with van der Waals surface area (Å²) in [6, 6.07) is 5.49. The fourth-order valence-electron chi connectivity index (χ4n) is 6.06. The lowest BCUT2D eigenvalue weighted by Crippen LogP contribution is -2.60. The summed E-state index contributed by atoms with van der Waals surface area (Å²) in [6.07, 6.45) is 4.43. The van der Waals surface area contributed by atoms with E-state index in [0.29, 0.717) is 35.1 Å². The molecule has 3 fully saturated rings. The Hall–Kier alpha value is -1.87. The lowest BCUT2D eigenvalue weighted by Gasteiger charge is -2.46. The van der Waals surface area contributed by atoms with Crippen molar-refractivity contribution in [3.63, 3.8) is 0 Å². The van der Waals surface area contributed by atoms with Crippen molar-refractivity contribution in [2.45, 2.75) is 57.7 Å². The van der Waals surface area contributed by atoms with Crippen LogP contribution in [-0.2, 0) is 25.7 Å². The Bertz CT molecular complexity index is 1000. The highest BCUT2D eigenvalue weighted by molar-refractivity contribution is 6.42. The summed E-state index contributed by atoms with van der Waals surface area (Å²) in [5, 5.41) is 4.44. The van der Waals surface area contributed by atoms with Gasteiger partial charge in [-0.3, -0.25) is 19.7 Å². The number of halogens is 2. The van der Waals surface area contributed by atoms with Crippen molar-refractivity contribution in [3.05, 3.63) is 33.8 Å². The minimum Gasteiger partial charge on any atom is -0.372 e. The summed E-state index contributed by atoms with van der Waals surface area (Å²) in [7, 11) is 3.30. The Morgan fingerprint density at radius 2 is 1.86 bits per heavy atom. The number of piperidine rings is 1.